The molecular weight excluding hydrogens is 788 g/mol. The third-order valence-electron chi connectivity index (χ3n) is 13.3. The number of hydrogen-bond acceptors (Lipinski definition) is 17. The summed E-state index contributed by atoms with van der Waals surface area (Å²) >= 11 is 0. The van der Waals surface area contributed by atoms with E-state index in [0.717, 1.165) is 0 Å². The molecule has 3 aliphatic carbocycles. The van der Waals surface area contributed by atoms with E-state index < -0.39 is 144 Å². The molecule has 1 saturated carbocycles. The molecule has 330 valence electrons. The third kappa shape index (κ3) is 7.42. The van der Waals surface area contributed by atoms with Gasteiger partial charge in [-0.05, 0) is 59.6 Å². The van der Waals surface area contributed by atoms with Crippen LogP contribution in [0, 0.1) is 0 Å². The van der Waals surface area contributed by atoms with Crippen molar-refractivity contribution in [3.63, 3.8) is 0 Å². The third-order valence-corrected chi connectivity index (χ3v) is 13.3. The normalized spacial score (nSPS) is 45.9. The molecule has 7 aliphatic rings. The predicted molar refractivity (Wildman–Crippen MR) is 204 cm³/mol. The van der Waals surface area contributed by atoms with E-state index in [1.807, 2.05) is 6.92 Å². The van der Waals surface area contributed by atoms with Gasteiger partial charge in [-0.2, -0.15) is 0 Å². The van der Waals surface area contributed by atoms with Crippen molar-refractivity contribution in [2.45, 2.75) is 189 Å². The van der Waals surface area contributed by atoms with Gasteiger partial charge in [-0.3, -0.25) is 14.4 Å². The monoisotopic (exact) mass is 844 g/mol. The van der Waals surface area contributed by atoms with Crippen LogP contribution in [-0.4, -0.2) is 150 Å². The van der Waals surface area contributed by atoms with Crippen LogP contribution in [0.4, 0.5) is 0 Å². The molecule has 0 spiro atoms. The maximum absolute atomic E-state index is 14.7. The summed E-state index contributed by atoms with van der Waals surface area (Å²) in [6, 6.07) is 2.78. The lowest BCUT2D eigenvalue weighted by molar-refractivity contribution is -0.306. The fourth-order valence-corrected chi connectivity index (χ4v) is 10.1. The Morgan fingerprint density at radius 3 is 2.08 bits per heavy atom. The Hall–Kier alpha value is -3.01. The highest BCUT2D eigenvalue weighted by Crippen LogP contribution is 2.55. The van der Waals surface area contributed by atoms with Crippen LogP contribution >= 0.6 is 0 Å². The Balaban J connectivity index is 1.03. The standard InChI is InChI=1S/C43H56O17/c1-18-25(44)8-10-32(55-18)60-43-30(46)16-41(5,52)17-42(43,53)13-12-24-35(43)40(51)23-7-6-22(38(49)34(23)39(24)50)28-15-29(37(48)21(4)54-28)59-31-11-9-27(19(2)56-31)58-33-14-26(45)36(47)20(3)57-33/h6-7,12-13,18-21,25-29,31-33,36-37,44-45,47-49,52-53H,8-11,14-17H2,1-5H3/t18-,19-,20+,21+,25-,26+,27-,28?,29+,31-,32-,33-,36+,37+,41+,42-,43-/m0/s1. The first-order valence-electron chi connectivity index (χ1n) is 20.9. The molecule has 7 N–H and O–H groups in total. The largest absolute Gasteiger partial charge is 0.507 e. The van der Waals surface area contributed by atoms with Crippen LogP contribution in [-0.2, 0) is 38.0 Å². The summed E-state index contributed by atoms with van der Waals surface area (Å²) in [5.74, 6) is -3.03. The molecule has 4 aliphatic heterocycles. The number of ether oxygens (including phenoxy) is 7. The smallest absolute Gasteiger partial charge is 0.198 e. The van der Waals surface area contributed by atoms with Crippen molar-refractivity contribution in [1.82, 2.24) is 0 Å². The zero-order chi connectivity index (χ0) is 43.2. The lowest BCUT2D eigenvalue weighted by Gasteiger charge is -2.55. The van der Waals surface area contributed by atoms with Crippen molar-refractivity contribution in [2.24, 2.45) is 0 Å². The topological polar surface area (TPSA) is 257 Å². The first-order chi connectivity index (χ1) is 28.2. The minimum atomic E-state index is -2.47. The molecule has 1 aromatic carbocycles. The van der Waals surface area contributed by atoms with Gasteiger partial charge in [0.05, 0.1) is 71.7 Å². The van der Waals surface area contributed by atoms with E-state index in [1.165, 1.54) is 31.2 Å². The van der Waals surface area contributed by atoms with E-state index in [-0.39, 0.29) is 47.9 Å². The molecular formula is C43H56O17. The van der Waals surface area contributed by atoms with E-state index in [2.05, 4.69) is 0 Å². The average molecular weight is 845 g/mol. The molecule has 8 rings (SSSR count). The molecule has 0 amide bonds. The second-order valence-corrected chi connectivity index (χ2v) is 17.9. The lowest BCUT2D eigenvalue weighted by Crippen LogP contribution is -2.71. The van der Waals surface area contributed by atoms with Crippen molar-refractivity contribution in [3.8, 4) is 5.75 Å². The van der Waals surface area contributed by atoms with E-state index in [9.17, 15) is 50.1 Å². The summed E-state index contributed by atoms with van der Waals surface area (Å²) in [6.07, 6.45) is -8.39. The molecule has 17 atom stereocenters. The number of carbonyl (C=O) groups is 3. The van der Waals surface area contributed by atoms with Crippen molar-refractivity contribution < 1.29 is 83.3 Å². The van der Waals surface area contributed by atoms with E-state index >= 15 is 0 Å². The summed E-state index contributed by atoms with van der Waals surface area (Å²) in [5.41, 5.74) is -7.56. The number of ketones is 3. The molecule has 0 bridgehead atoms. The number of rotatable bonds is 7. The number of fused-ring (bicyclic) bond motifs is 3. The Morgan fingerprint density at radius 2 is 1.38 bits per heavy atom. The van der Waals surface area contributed by atoms with Gasteiger partial charge >= 0.3 is 0 Å². The van der Waals surface area contributed by atoms with Crippen LogP contribution < -0.4 is 0 Å². The van der Waals surface area contributed by atoms with Gasteiger partial charge in [0.2, 0.25) is 0 Å². The van der Waals surface area contributed by atoms with Crippen LogP contribution in [0.15, 0.2) is 35.4 Å². The van der Waals surface area contributed by atoms with Gasteiger partial charge in [0, 0.05) is 55.2 Å². The van der Waals surface area contributed by atoms with Crippen molar-refractivity contribution in [3.05, 3.63) is 52.1 Å². The highest BCUT2D eigenvalue weighted by Gasteiger charge is 2.69. The maximum Gasteiger partial charge on any atom is 0.198 e. The number of Topliss-reactive ketones (excluding diaryl/α,β-unsaturated/α-hetero) is 3. The summed E-state index contributed by atoms with van der Waals surface area (Å²) in [4.78, 5) is 43.5. The summed E-state index contributed by atoms with van der Waals surface area (Å²) in [5, 5.41) is 76.8. The Labute approximate surface area is 346 Å². The summed E-state index contributed by atoms with van der Waals surface area (Å²) in [6.45, 7) is 8.11. The average Bonchev–Trinajstić information content (AvgIpc) is 3.17. The number of allylic oxidation sites excluding steroid dienone is 2. The summed E-state index contributed by atoms with van der Waals surface area (Å²) in [7, 11) is 0. The van der Waals surface area contributed by atoms with Crippen molar-refractivity contribution in [2.75, 3.05) is 0 Å². The van der Waals surface area contributed by atoms with Gasteiger partial charge in [-0.15, -0.1) is 0 Å². The molecule has 4 heterocycles. The van der Waals surface area contributed by atoms with Gasteiger partial charge in [-0.1, -0.05) is 12.1 Å². The molecule has 0 radical (unpaired) electrons. The SMILES string of the molecule is C[C@@H]1O[C@@H](O[C@@H]2CC(c3ccc4c(c3O)C(=O)C3=C(C4=O)[C@@]4(O[C@H]5CC[C@H](O)[C@H](C)O5)C(=O)C[C@@](C)(O)C[C@@]4(O)C=C3)O[C@H](C)[C@H]2O)CC[C@@H]1O[C@H]1C[C@@H](O)[C@H](O)[C@@H](C)O1. The first-order valence-corrected chi connectivity index (χ1v) is 20.9. The summed E-state index contributed by atoms with van der Waals surface area (Å²) < 4.78 is 42.7. The Kier molecular flexibility index (Phi) is 11.6. The number of phenols is 1. The number of aromatic hydroxyl groups is 1. The van der Waals surface area contributed by atoms with Crippen LogP contribution in [0.2, 0.25) is 0 Å². The minimum absolute atomic E-state index is 0.0307. The fourth-order valence-electron chi connectivity index (χ4n) is 10.1. The molecule has 17 nitrogen and oxygen atoms in total. The van der Waals surface area contributed by atoms with Gasteiger partial charge in [0.15, 0.2) is 41.8 Å². The zero-order valence-electron chi connectivity index (χ0n) is 34.3. The number of aliphatic hydroxyl groups is 6. The quantitative estimate of drug-likeness (QED) is 0.205. The molecule has 0 aromatic heterocycles. The molecule has 17 heteroatoms. The maximum atomic E-state index is 14.7. The molecule has 1 unspecified atom stereocenters. The second-order valence-electron chi connectivity index (χ2n) is 17.9. The Bertz CT molecular complexity index is 1930. The molecule has 1 aromatic rings. The number of hydrogen-bond donors (Lipinski definition) is 7. The zero-order valence-corrected chi connectivity index (χ0v) is 34.3. The van der Waals surface area contributed by atoms with Crippen LogP contribution in [0.1, 0.15) is 118 Å². The lowest BCUT2D eigenvalue weighted by atomic mass is 9.57. The van der Waals surface area contributed by atoms with Gasteiger partial charge in [-0.25, -0.2) is 0 Å². The highest BCUT2D eigenvalue weighted by molar-refractivity contribution is 6.32. The van der Waals surface area contributed by atoms with Crippen LogP contribution in [0.25, 0.3) is 0 Å². The van der Waals surface area contributed by atoms with Crippen molar-refractivity contribution >= 4 is 17.3 Å². The molecule has 4 saturated heterocycles. The van der Waals surface area contributed by atoms with Gasteiger partial charge in [0.25, 0.3) is 0 Å². The van der Waals surface area contributed by atoms with Crippen LogP contribution in [0.3, 0.4) is 0 Å². The number of carbonyl (C=O) groups excluding carboxylic acids is 3. The first kappa shape index (κ1) is 43.6. The number of aliphatic hydroxyl groups excluding tert-OH is 4. The van der Waals surface area contributed by atoms with E-state index in [1.54, 1.807) is 20.8 Å². The number of benzene rings is 1. The predicted octanol–water partition coefficient (Wildman–Crippen LogP) is 1.49. The second kappa shape index (κ2) is 16.0. The number of phenolic OH excluding ortho intramolecular Hbond substituents is 1. The van der Waals surface area contributed by atoms with Crippen LogP contribution in [0.5, 0.6) is 5.75 Å². The minimum Gasteiger partial charge on any atom is -0.507 e. The van der Waals surface area contributed by atoms with E-state index in [4.69, 9.17) is 33.2 Å². The fraction of sp³-hybridized carbons (Fsp3) is 0.698. The molecule has 5 fully saturated rings. The Morgan fingerprint density at radius 1 is 0.717 bits per heavy atom. The van der Waals surface area contributed by atoms with Gasteiger partial charge < -0.3 is 68.9 Å². The van der Waals surface area contributed by atoms with Gasteiger partial charge in [0.1, 0.15) is 23.6 Å². The van der Waals surface area contributed by atoms with Crippen molar-refractivity contribution in [1.29, 1.82) is 0 Å². The molecule has 60 heavy (non-hydrogen) atoms. The van der Waals surface area contributed by atoms with E-state index in [0.29, 0.717) is 12.8 Å². The highest BCUT2D eigenvalue weighted by atomic mass is 16.7.